The Kier molecular flexibility index (Phi) is 3.65. The molecule has 2 aromatic rings. The van der Waals surface area contributed by atoms with Crippen molar-refractivity contribution in [2.24, 2.45) is 0 Å². The van der Waals surface area contributed by atoms with Gasteiger partial charge in [0.1, 0.15) is 12.4 Å². The molecule has 6 nitrogen and oxygen atoms in total. The lowest BCUT2D eigenvalue weighted by Crippen LogP contribution is -2.47. The minimum absolute atomic E-state index is 0.236. The van der Waals surface area contributed by atoms with Gasteiger partial charge in [-0.05, 0) is 29.8 Å². The number of benzene rings is 1. The standard InChI is InChI=1S/C19H19N3O3/c1-14(23)24-12-15-4-5-16-17(11-15)25-19(18-3-2-8-22(16)18)6-9-21(13-20)10-7-19/h2-5,8,11H,6-7,9-10,12H2,1H3. The molecule has 1 saturated heterocycles. The van der Waals surface area contributed by atoms with Crippen LogP contribution in [-0.4, -0.2) is 28.5 Å². The third kappa shape index (κ3) is 2.62. The van der Waals surface area contributed by atoms with E-state index >= 15 is 0 Å². The van der Waals surface area contributed by atoms with E-state index in [0.29, 0.717) is 13.1 Å². The number of nitrogens with zero attached hydrogens (tertiary/aromatic N) is 3. The summed E-state index contributed by atoms with van der Waals surface area (Å²) in [6.07, 6.45) is 5.79. The van der Waals surface area contributed by atoms with Crippen molar-refractivity contribution < 1.29 is 14.3 Å². The topological polar surface area (TPSA) is 67.5 Å². The Hall–Kier alpha value is -2.94. The molecule has 1 spiro atoms. The molecule has 3 heterocycles. The number of carbonyl (C=O) groups excluding carboxylic acids is 1. The van der Waals surface area contributed by atoms with Crippen LogP contribution in [-0.2, 0) is 21.7 Å². The van der Waals surface area contributed by atoms with Crippen LogP contribution in [0.5, 0.6) is 5.75 Å². The van der Waals surface area contributed by atoms with E-state index in [1.807, 2.05) is 30.5 Å². The van der Waals surface area contributed by atoms with E-state index in [4.69, 9.17) is 14.7 Å². The van der Waals surface area contributed by atoms with E-state index in [1.54, 1.807) is 4.90 Å². The van der Waals surface area contributed by atoms with E-state index in [9.17, 15) is 4.79 Å². The second kappa shape index (κ2) is 5.85. The predicted octanol–water partition coefficient (Wildman–Crippen LogP) is 2.70. The molecule has 0 unspecified atom stereocenters. The molecule has 1 aromatic heterocycles. The van der Waals surface area contributed by atoms with Crippen LogP contribution in [0.15, 0.2) is 36.5 Å². The monoisotopic (exact) mass is 337 g/mol. The maximum atomic E-state index is 11.0. The molecule has 2 aliphatic heterocycles. The minimum atomic E-state index is -0.413. The number of fused-ring (bicyclic) bond motifs is 4. The number of nitriles is 1. The summed E-state index contributed by atoms with van der Waals surface area (Å²) < 4.78 is 13.7. The van der Waals surface area contributed by atoms with Gasteiger partial charge >= 0.3 is 5.97 Å². The number of hydrogen-bond acceptors (Lipinski definition) is 5. The second-order valence-corrected chi connectivity index (χ2v) is 6.53. The molecule has 0 atom stereocenters. The van der Waals surface area contributed by atoms with E-state index in [-0.39, 0.29) is 12.6 Å². The maximum Gasteiger partial charge on any atom is 0.302 e. The van der Waals surface area contributed by atoms with Gasteiger partial charge in [-0.3, -0.25) is 4.79 Å². The van der Waals surface area contributed by atoms with Crippen LogP contribution in [0.2, 0.25) is 0 Å². The predicted molar refractivity (Wildman–Crippen MR) is 90.0 cm³/mol. The highest BCUT2D eigenvalue weighted by Gasteiger charge is 2.43. The number of rotatable bonds is 2. The first-order chi connectivity index (χ1) is 12.1. The average molecular weight is 337 g/mol. The Morgan fingerprint density at radius 3 is 2.88 bits per heavy atom. The summed E-state index contributed by atoms with van der Waals surface area (Å²) in [5.41, 5.74) is 2.60. The van der Waals surface area contributed by atoms with E-state index in [1.165, 1.54) is 6.92 Å². The van der Waals surface area contributed by atoms with Crippen LogP contribution >= 0.6 is 0 Å². The van der Waals surface area contributed by atoms with Crippen molar-refractivity contribution in [3.8, 4) is 17.6 Å². The molecule has 2 aliphatic rings. The Morgan fingerprint density at radius 1 is 1.36 bits per heavy atom. The van der Waals surface area contributed by atoms with Gasteiger partial charge in [-0.1, -0.05) is 6.07 Å². The van der Waals surface area contributed by atoms with Crippen LogP contribution < -0.4 is 4.74 Å². The third-order valence-electron chi connectivity index (χ3n) is 4.96. The molecule has 1 aromatic carbocycles. The molecule has 128 valence electrons. The summed E-state index contributed by atoms with van der Waals surface area (Å²) in [6, 6.07) is 10.0. The summed E-state index contributed by atoms with van der Waals surface area (Å²) in [5.74, 6) is 0.491. The van der Waals surface area contributed by atoms with Gasteiger partial charge in [-0.15, -0.1) is 0 Å². The molecule has 0 amide bonds. The summed E-state index contributed by atoms with van der Waals surface area (Å²) in [5, 5.41) is 9.12. The lowest BCUT2D eigenvalue weighted by atomic mass is 9.86. The van der Waals surface area contributed by atoms with E-state index in [0.717, 1.165) is 35.5 Å². The lowest BCUT2D eigenvalue weighted by Gasteiger charge is -2.44. The van der Waals surface area contributed by atoms with Crippen molar-refractivity contribution in [1.29, 1.82) is 5.26 Å². The molecule has 4 rings (SSSR count). The van der Waals surface area contributed by atoms with E-state index < -0.39 is 5.60 Å². The quantitative estimate of drug-likeness (QED) is 0.623. The van der Waals surface area contributed by atoms with Crippen LogP contribution in [0, 0.1) is 11.5 Å². The number of likely N-dealkylation sites (tertiary alicyclic amines) is 1. The van der Waals surface area contributed by atoms with Crippen LogP contribution in [0.4, 0.5) is 0 Å². The van der Waals surface area contributed by atoms with Crippen LogP contribution in [0.25, 0.3) is 5.69 Å². The average Bonchev–Trinajstić information content (AvgIpc) is 3.11. The first kappa shape index (κ1) is 15.6. The van der Waals surface area contributed by atoms with Gasteiger partial charge in [0.2, 0.25) is 0 Å². The Labute approximate surface area is 146 Å². The summed E-state index contributed by atoms with van der Waals surface area (Å²) >= 11 is 0. The number of carbonyl (C=O) groups is 1. The SMILES string of the molecule is CC(=O)OCc1ccc2c(c1)OC1(CCN(C#N)CC1)c1cccn1-2. The number of piperidine rings is 1. The normalized spacial score (nSPS) is 17.2. The zero-order chi connectivity index (χ0) is 17.4. The largest absolute Gasteiger partial charge is 0.479 e. The van der Waals surface area contributed by atoms with Crippen LogP contribution in [0.1, 0.15) is 31.0 Å². The zero-order valence-electron chi connectivity index (χ0n) is 14.1. The van der Waals surface area contributed by atoms with Gasteiger partial charge in [0.25, 0.3) is 0 Å². The number of hydrogen-bond donors (Lipinski definition) is 0. The molecule has 0 saturated carbocycles. The van der Waals surface area contributed by atoms with Gasteiger partial charge < -0.3 is 18.9 Å². The molecule has 0 bridgehead atoms. The molecule has 0 aliphatic carbocycles. The summed E-state index contributed by atoms with van der Waals surface area (Å²) in [6.45, 7) is 3.01. The Balaban J connectivity index is 1.69. The van der Waals surface area contributed by atoms with Crippen molar-refractivity contribution in [2.75, 3.05) is 13.1 Å². The Morgan fingerprint density at radius 2 is 2.16 bits per heavy atom. The fraction of sp³-hybridized carbons (Fsp3) is 0.368. The minimum Gasteiger partial charge on any atom is -0.479 e. The summed E-state index contributed by atoms with van der Waals surface area (Å²) in [7, 11) is 0. The maximum absolute atomic E-state index is 11.0. The van der Waals surface area contributed by atoms with Crippen molar-refractivity contribution in [1.82, 2.24) is 9.47 Å². The van der Waals surface area contributed by atoms with Crippen LogP contribution in [0.3, 0.4) is 0 Å². The molecule has 6 heteroatoms. The molecular weight excluding hydrogens is 318 g/mol. The Bertz CT molecular complexity index is 857. The molecule has 1 fully saturated rings. The highest BCUT2D eigenvalue weighted by Crippen LogP contribution is 2.45. The van der Waals surface area contributed by atoms with Gasteiger partial charge in [-0.2, -0.15) is 5.26 Å². The summed E-state index contributed by atoms with van der Waals surface area (Å²) in [4.78, 5) is 12.8. The van der Waals surface area contributed by atoms with Gasteiger partial charge in [0, 0.05) is 39.1 Å². The molecular formula is C19H19N3O3. The first-order valence-electron chi connectivity index (χ1n) is 8.39. The molecule has 25 heavy (non-hydrogen) atoms. The third-order valence-corrected chi connectivity index (χ3v) is 4.96. The fourth-order valence-electron chi connectivity index (χ4n) is 3.67. The van der Waals surface area contributed by atoms with Crippen molar-refractivity contribution >= 4 is 5.97 Å². The van der Waals surface area contributed by atoms with Gasteiger partial charge in [-0.25, -0.2) is 0 Å². The number of esters is 1. The van der Waals surface area contributed by atoms with E-state index in [2.05, 4.69) is 16.8 Å². The highest BCUT2D eigenvalue weighted by atomic mass is 16.5. The van der Waals surface area contributed by atoms with Crippen molar-refractivity contribution in [3.63, 3.8) is 0 Å². The molecule has 0 N–H and O–H groups in total. The number of ether oxygens (including phenoxy) is 2. The zero-order valence-corrected chi connectivity index (χ0v) is 14.1. The number of aromatic nitrogens is 1. The second-order valence-electron chi connectivity index (χ2n) is 6.53. The smallest absolute Gasteiger partial charge is 0.302 e. The lowest BCUT2D eigenvalue weighted by molar-refractivity contribution is -0.142. The fourth-order valence-corrected chi connectivity index (χ4v) is 3.67. The van der Waals surface area contributed by atoms with Crippen molar-refractivity contribution in [2.45, 2.75) is 32.0 Å². The highest BCUT2D eigenvalue weighted by molar-refractivity contribution is 5.66. The van der Waals surface area contributed by atoms with Crippen molar-refractivity contribution in [3.05, 3.63) is 47.8 Å². The van der Waals surface area contributed by atoms with Gasteiger partial charge in [0.05, 0.1) is 11.4 Å². The molecule has 0 radical (unpaired) electrons. The first-order valence-corrected chi connectivity index (χ1v) is 8.39. The van der Waals surface area contributed by atoms with Gasteiger partial charge in [0.15, 0.2) is 11.8 Å².